The minimum atomic E-state index is -3.26. The standard InChI is InChI=1S/C20H28N4O2S.HI/c1-4-22-20(24-16(2)19-8-6-5-7-9-19)23-14-17-10-12-18(13-11-17)15-27(25,26)21-3;/h5-13,16,21H,4,14-15H2,1-3H3,(H2,22,23,24);1H. The number of hydrogen-bond donors (Lipinski definition) is 3. The molecule has 0 amide bonds. The summed E-state index contributed by atoms with van der Waals surface area (Å²) >= 11 is 0. The van der Waals surface area contributed by atoms with E-state index in [9.17, 15) is 8.42 Å². The molecule has 0 bridgehead atoms. The van der Waals surface area contributed by atoms with Gasteiger partial charge in [-0.15, -0.1) is 24.0 Å². The Morgan fingerprint density at radius 1 is 1.04 bits per heavy atom. The van der Waals surface area contributed by atoms with Crippen LogP contribution in [0.3, 0.4) is 0 Å². The summed E-state index contributed by atoms with van der Waals surface area (Å²) in [5, 5.41) is 6.66. The van der Waals surface area contributed by atoms with E-state index in [0.29, 0.717) is 6.54 Å². The molecule has 1 unspecified atom stereocenters. The van der Waals surface area contributed by atoms with E-state index in [0.717, 1.165) is 23.6 Å². The first-order valence-electron chi connectivity index (χ1n) is 9.02. The molecule has 0 aromatic heterocycles. The van der Waals surface area contributed by atoms with E-state index in [4.69, 9.17) is 0 Å². The molecule has 0 saturated heterocycles. The van der Waals surface area contributed by atoms with E-state index in [2.05, 4.69) is 39.4 Å². The Kier molecular flexibility index (Phi) is 10.5. The van der Waals surface area contributed by atoms with E-state index in [1.807, 2.05) is 49.4 Å². The lowest BCUT2D eigenvalue weighted by Gasteiger charge is -2.18. The Bertz CT molecular complexity index is 840. The van der Waals surface area contributed by atoms with Crippen LogP contribution in [0.2, 0.25) is 0 Å². The van der Waals surface area contributed by atoms with Gasteiger partial charge in [-0.2, -0.15) is 0 Å². The lowest BCUT2D eigenvalue weighted by Crippen LogP contribution is -2.38. The van der Waals surface area contributed by atoms with Crippen LogP contribution >= 0.6 is 24.0 Å². The van der Waals surface area contributed by atoms with Crippen molar-refractivity contribution in [2.45, 2.75) is 32.2 Å². The molecule has 8 heteroatoms. The minimum absolute atomic E-state index is 0. The van der Waals surface area contributed by atoms with Crippen molar-refractivity contribution >= 4 is 40.0 Å². The zero-order valence-electron chi connectivity index (χ0n) is 16.5. The molecule has 0 aliphatic rings. The smallest absolute Gasteiger partial charge is 0.215 e. The molecular formula is C20H29IN4O2S. The first-order chi connectivity index (χ1) is 12.9. The van der Waals surface area contributed by atoms with Gasteiger partial charge in [0.05, 0.1) is 18.3 Å². The van der Waals surface area contributed by atoms with Crippen molar-refractivity contribution in [2.75, 3.05) is 13.6 Å². The Morgan fingerprint density at radius 2 is 1.64 bits per heavy atom. The van der Waals surface area contributed by atoms with Gasteiger partial charge in [0.2, 0.25) is 10.0 Å². The average Bonchev–Trinajstić information content (AvgIpc) is 2.68. The van der Waals surface area contributed by atoms with Crippen molar-refractivity contribution in [3.8, 4) is 0 Å². The largest absolute Gasteiger partial charge is 0.357 e. The summed E-state index contributed by atoms with van der Waals surface area (Å²) in [7, 11) is -1.84. The van der Waals surface area contributed by atoms with Crippen LogP contribution in [0.5, 0.6) is 0 Å². The number of benzene rings is 2. The molecule has 154 valence electrons. The van der Waals surface area contributed by atoms with Gasteiger partial charge in [0, 0.05) is 6.54 Å². The quantitative estimate of drug-likeness (QED) is 0.286. The van der Waals surface area contributed by atoms with E-state index in [1.165, 1.54) is 12.6 Å². The molecule has 0 aliphatic heterocycles. The van der Waals surface area contributed by atoms with Gasteiger partial charge in [-0.05, 0) is 37.6 Å². The number of nitrogens with zero attached hydrogens (tertiary/aromatic N) is 1. The Balaban J connectivity index is 0.00000392. The summed E-state index contributed by atoms with van der Waals surface area (Å²) in [6, 6.07) is 17.8. The molecule has 0 radical (unpaired) electrons. The lowest BCUT2D eigenvalue weighted by molar-refractivity contribution is 0.587. The molecule has 28 heavy (non-hydrogen) atoms. The van der Waals surface area contributed by atoms with Crippen LogP contribution in [0.15, 0.2) is 59.6 Å². The molecule has 2 aromatic carbocycles. The summed E-state index contributed by atoms with van der Waals surface area (Å²) in [6.07, 6.45) is 0. The molecule has 0 saturated carbocycles. The first-order valence-corrected chi connectivity index (χ1v) is 10.7. The molecule has 6 nitrogen and oxygen atoms in total. The zero-order chi connectivity index (χ0) is 19.7. The van der Waals surface area contributed by atoms with Crippen LogP contribution in [-0.4, -0.2) is 28.0 Å². The van der Waals surface area contributed by atoms with Gasteiger partial charge in [0.15, 0.2) is 5.96 Å². The molecule has 1 atom stereocenters. The van der Waals surface area contributed by atoms with E-state index >= 15 is 0 Å². The summed E-state index contributed by atoms with van der Waals surface area (Å²) in [6.45, 7) is 5.41. The third kappa shape index (κ3) is 8.15. The Morgan fingerprint density at radius 3 is 2.21 bits per heavy atom. The van der Waals surface area contributed by atoms with Crippen molar-refractivity contribution in [3.05, 3.63) is 71.3 Å². The number of rotatable bonds is 8. The van der Waals surface area contributed by atoms with E-state index in [1.54, 1.807) is 0 Å². The van der Waals surface area contributed by atoms with Gasteiger partial charge in [-0.1, -0.05) is 54.6 Å². The Hall–Kier alpha value is -1.65. The normalized spacial score (nSPS) is 12.8. The highest BCUT2D eigenvalue weighted by molar-refractivity contribution is 14.0. The van der Waals surface area contributed by atoms with Crippen molar-refractivity contribution in [3.63, 3.8) is 0 Å². The van der Waals surface area contributed by atoms with Gasteiger partial charge in [0.1, 0.15) is 0 Å². The maximum atomic E-state index is 11.6. The predicted molar refractivity (Wildman–Crippen MR) is 126 cm³/mol. The molecule has 2 aromatic rings. The highest BCUT2D eigenvalue weighted by Gasteiger charge is 2.09. The fraction of sp³-hybridized carbons (Fsp3) is 0.350. The van der Waals surface area contributed by atoms with E-state index < -0.39 is 10.0 Å². The molecule has 0 heterocycles. The number of guanidine groups is 1. The molecule has 2 rings (SSSR count). The second-order valence-electron chi connectivity index (χ2n) is 6.25. The topological polar surface area (TPSA) is 82.6 Å². The highest BCUT2D eigenvalue weighted by atomic mass is 127. The molecule has 0 aliphatic carbocycles. The van der Waals surface area contributed by atoms with Gasteiger partial charge < -0.3 is 10.6 Å². The number of sulfonamides is 1. The number of hydrogen-bond acceptors (Lipinski definition) is 3. The van der Waals surface area contributed by atoms with Crippen LogP contribution < -0.4 is 15.4 Å². The monoisotopic (exact) mass is 516 g/mol. The van der Waals surface area contributed by atoms with Gasteiger partial charge in [-0.3, -0.25) is 0 Å². The van der Waals surface area contributed by atoms with Crippen molar-refractivity contribution in [2.24, 2.45) is 4.99 Å². The second kappa shape index (κ2) is 12.0. The SMILES string of the molecule is CCNC(=NCc1ccc(CS(=O)(=O)NC)cc1)NC(C)c1ccccc1.I. The summed E-state index contributed by atoms with van der Waals surface area (Å²) in [5.41, 5.74) is 2.96. The highest BCUT2D eigenvalue weighted by Crippen LogP contribution is 2.12. The first kappa shape index (κ1) is 24.4. The zero-order valence-corrected chi connectivity index (χ0v) is 19.6. The second-order valence-corrected chi connectivity index (χ2v) is 8.18. The third-order valence-electron chi connectivity index (χ3n) is 4.11. The molecule has 3 N–H and O–H groups in total. The van der Waals surface area contributed by atoms with Crippen molar-refractivity contribution < 1.29 is 8.42 Å². The fourth-order valence-electron chi connectivity index (χ4n) is 2.55. The summed E-state index contributed by atoms with van der Waals surface area (Å²) < 4.78 is 25.5. The van der Waals surface area contributed by atoms with Gasteiger partial charge in [-0.25, -0.2) is 18.1 Å². The van der Waals surface area contributed by atoms with Crippen LogP contribution in [0.1, 0.15) is 36.6 Å². The maximum Gasteiger partial charge on any atom is 0.215 e. The third-order valence-corrected chi connectivity index (χ3v) is 5.44. The lowest BCUT2D eigenvalue weighted by atomic mass is 10.1. The number of nitrogens with one attached hydrogen (secondary N) is 3. The van der Waals surface area contributed by atoms with Crippen LogP contribution in [0.4, 0.5) is 0 Å². The van der Waals surface area contributed by atoms with Crippen molar-refractivity contribution in [1.29, 1.82) is 0 Å². The Labute approximate surface area is 185 Å². The van der Waals surface area contributed by atoms with Crippen molar-refractivity contribution in [1.82, 2.24) is 15.4 Å². The van der Waals surface area contributed by atoms with Gasteiger partial charge in [0.25, 0.3) is 0 Å². The summed E-state index contributed by atoms with van der Waals surface area (Å²) in [4.78, 5) is 4.63. The van der Waals surface area contributed by atoms with Crippen LogP contribution in [0.25, 0.3) is 0 Å². The number of aliphatic imine (C=N–C) groups is 1. The van der Waals surface area contributed by atoms with Gasteiger partial charge >= 0.3 is 0 Å². The maximum absolute atomic E-state index is 11.6. The minimum Gasteiger partial charge on any atom is -0.357 e. The molecular weight excluding hydrogens is 487 g/mol. The van der Waals surface area contributed by atoms with E-state index in [-0.39, 0.29) is 35.8 Å². The molecule has 0 fully saturated rings. The predicted octanol–water partition coefficient (Wildman–Crippen LogP) is 3.17. The number of halogens is 1. The van der Waals surface area contributed by atoms with Crippen LogP contribution in [-0.2, 0) is 22.3 Å². The average molecular weight is 516 g/mol. The molecule has 0 spiro atoms. The summed E-state index contributed by atoms with van der Waals surface area (Å²) in [5.74, 6) is 0.724. The van der Waals surface area contributed by atoms with Crippen LogP contribution in [0, 0.1) is 0 Å². The fourth-order valence-corrected chi connectivity index (χ4v) is 3.33.